The predicted molar refractivity (Wildman–Crippen MR) is 73.8 cm³/mol. The fourth-order valence-corrected chi connectivity index (χ4v) is 3.49. The number of hydrogen-bond acceptors (Lipinski definition) is 2. The van der Waals surface area contributed by atoms with Gasteiger partial charge in [0, 0.05) is 11.0 Å². The Labute approximate surface area is 110 Å². The normalized spacial score (nSPS) is 21.5. The lowest BCUT2D eigenvalue weighted by atomic mass is 9.70. The maximum atomic E-state index is 6.23. The zero-order valence-electron chi connectivity index (χ0n) is 11.5. The van der Waals surface area contributed by atoms with E-state index in [1.165, 1.54) is 24.8 Å². The van der Waals surface area contributed by atoms with Gasteiger partial charge in [0.2, 0.25) is 0 Å². The van der Waals surface area contributed by atoms with Crippen molar-refractivity contribution >= 4 is 0 Å². The smallest absolute Gasteiger partial charge is 0.0586 e. The second kappa shape index (κ2) is 4.07. The zero-order valence-corrected chi connectivity index (χ0v) is 11.5. The van der Waals surface area contributed by atoms with Gasteiger partial charge in [-0.3, -0.25) is 0 Å². The average Bonchev–Trinajstić information content (AvgIpc) is 2.69. The van der Waals surface area contributed by atoms with Crippen LogP contribution in [-0.4, -0.2) is 18.8 Å². The van der Waals surface area contributed by atoms with E-state index in [-0.39, 0.29) is 11.0 Å². The fraction of sp³-hybridized carbons (Fsp3) is 0.625. The first-order valence-corrected chi connectivity index (χ1v) is 6.98. The highest BCUT2D eigenvalue weighted by Gasteiger charge is 2.43. The van der Waals surface area contributed by atoms with Crippen molar-refractivity contribution in [3.8, 4) is 0 Å². The number of rotatable bonds is 3. The molecule has 1 aliphatic heterocycles. The van der Waals surface area contributed by atoms with Crippen LogP contribution in [0.25, 0.3) is 0 Å². The third-order valence-electron chi connectivity index (χ3n) is 4.26. The van der Waals surface area contributed by atoms with Crippen LogP contribution in [0.4, 0.5) is 0 Å². The summed E-state index contributed by atoms with van der Waals surface area (Å²) in [6.45, 7) is 5.87. The summed E-state index contributed by atoms with van der Waals surface area (Å²) in [4.78, 5) is 0. The number of benzene rings is 1. The lowest BCUT2D eigenvalue weighted by Gasteiger charge is -2.45. The van der Waals surface area contributed by atoms with Gasteiger partial charge in [0.05, 0.1) is 13.2 Å². The summed E-state index contributed by atoms with van der Waals surface area (Å²) in [7, 11) is 0. The molecular weight excluding hydrogens is 222 g/mol. The average molecular weight is 245 g/mol. The number of hydrogen-bond donors (Lipinski definition) is 1. The van der Waals surface area contributed by atoms with Gasteiger partial charge in [-0.2, -0.15) is 0 Å². The summed E-state index contributed by atoms with van der Waals surface area (Å²) in [5, 5.41) is 0. The molecule has 1 aromatic rings. The minimum atomic E-state index is -0.136. The van der Waals surface area contributed by atoms with Gasteiger partial charge in [-0.05, 0) is 56.2 Å². The molecule has 0 spiro atoms. The second-order valence-electron chi connectivity index (χ2n) is 6.78. The minimum absolute atomic E-state index is 0.136. The zero-order chi connectivity index (χ0) is 12.8. The molecule has 2 N–H and O–H groups in total. The van der Waals surface area contributed by atoms with Crippen molar-refractivity contribution in [2.45, 2.75) is 50.5 Å². The summed E-state index contributed by atoms with van der Waals surface area (Å²) in [6, 6.07) is 7.04. The molecule has 3 rings (SSSR count). The van der Waals surface area contributed by atoms with Crippen molar-refractivity contribution in [2.75, 3.05) is 13.2 Å². The lowest BCUT2D eigenvalue weighted by molar-refractivity contribution is -0.0719. The van der Waals surface area contributed by atoms with Gasteiger partial charge >= 0.3 is 0 Å². The Bertz CT molecular complexity index is 455. The molecular formula is C16H23NO. The highest BCUT2D eigenvalue weighted by atomic mass is 16.5. The molecule has 2 nitrogen and oxygen atoms in total. The number of ether oxygens (including phenoxy) is 1. The first-order chi connectivity index (χ1) is 8.49. The quantitative estimate of drug-likeness (QED) is 0.888. The summed E-state index contributed by atoms with van der Waals surface area (Å²) >= 11 is 0. The molecule has 0 amide bonds. The van der Waals surface area contributed by atoms with E-state index in [1.54, 1.807) is 11.1 Å². The molecule has 0 unspecified atom stereocenters. The van der Waals surface area contributed by atoms with Crippen LogP contribution in [0.2, 0.25) is 0 Å². The fourth-order valence-electron chi connectivity index (χ4n) is 3.49. The van der Waals surface area contributed by atoms with Gasteiger partial charge < -0.3 is 10.5 Å². The molecule has 2 heteroatoms. The molecule has 1 aliphatic carbocycles. The van der Waals surface area contributed by atoms with Crippen LogP contribution in [0.3, 0.4) is 0 Å². The van der Waals surface area contributed by atoms with E-state index >= 15 is 0 Å². The Morgan fingerprint density at radius 1 is 1.22 bits per heavy atom. The maximum absolute atomic E-state index is 6.23. The van der Waals surface area contributed by atoms with E-state index in [0.29, 0.717) is 0 Å². The van der Waals surface area contributed by atoms with E-state index in [2.05, 4.69) is 32.0 Å². The molecule has 1 saturated heterocycles. The molecule has 0 saturated carbocycles. The first kappa shape index (κ1) is 12.2. The number of fused-ring (bicyclic) bond motifs is 1. The maximum Gasteiger partial charge on any atom is 0.0586 e. The molecule has 0 atom stereocenters. The standard InChI is InChI=1S/C16H23NO/c1-15(2,17)9-16(10-18-11-16)14-7-6-12-4-3-5-13(12)8-14/h6-8H,3-5,9-11,17H2,1-2H3. The van der Waals surface area contributed by atoms with Crippen LogP contribution >= 0.6 is 0 Å². The largest absolute Gasteiger partial charge is 0.379 e. The molecule has 0 radical (unpaired) electrons. The molecule has 0 bridgehead atoms. The lowest BCUT2D eigenvalue weighted by Crippen LogP contribution is -2.53. The second-order valence-corrected chi connectivity index (χ2v) is 6.78. The Morgan fingerprint density at radius 2 is 1.94 bits per heavy atom. The number of aryl methyl sites for hydroxylation is 2. The van der Waals surface area contributed by atoms with E-state index in [1.807, 2.05) is 0 Å². The van der Waals surface area contributed by atoms with Gasteiger partial charge in [0.15, 0.2) is 0 Å². The van der Waals surface area contributed by atoms with Gasteiger partial charge in [0.25, 0.3) is 0 Å². The third-order valence-corrected chi connectivity index (χ3v) is 4.26. The summed E-state index contributed by atoms with van der Waals surface area (Å²) < 4.78 is 5.50. The SMILES string of the molecule is CC(C)(N)CC1(c2ccc3c(c2)CCC3)COC1. The van der Waals surface area contributed by atoms with Gasteiger partial charge in [-0.1, -0.05) is 18.2 Å². The molecule has 2 aliphatic rings. The predicted octanol–water partition coefficient (Wildman–Crippen LogP) is 2.57. The van der Waals surface area contributed by atoms with E-state index in [4.69, 9.17) is 10.5 Å². The van der Waals surface area contributed by atoms with Crippen molar-refractivity contribution in [2.24, 2.45) is 5.73 Å². The minimum Gasteiger partial charge on any atom is -0.379 e. The monoisotopic (exact) mass is 245 g/mol. The topological polar surface area (TPSA) is 35.2 Å². The van der Waals surface area contributed by atoms with Crippen LogP contribution < -0.4 is 5.73 Å². The van der Waals surface area contributed by atoms with E-state index in [0.717, 1.165) is 19.6 Å². The Hall–Kier alpha value is -0.860. The van der Waals surface area contributed by atoms with E-state index in [9.17, 15) is 0 Å². The third kappa shape index (κ3) is 2.08. The van der Waals surface area contributed by atoms with Crippen LogP contribution in [0.15, 0.2) is 18.2 Å². The summed E-state index contributed by atoms with van der Waals surface area (Å²) in [6.07, 6.45) is 4.80. The van der Waals surface area contributed by atoms with Gasteiger partial charge in [-0.15, -0.1) is 0 Å². The van der Waals surface area contributed by atoms with Crippen molar-refractivity contribution in [3.63, 3.8) is 0 Å². The van der Waals surface area contributed by atoms with Crippen LogP contribution in [-0.2, 0) is 23.0 Å². The van der Waals surface area contributed by atoms with Crippen molar-refractivity contribution in [3.05, 3.63) is 34.9 Å². The highest BCUT2D eigenvalue weighted by Crippen LogP contribution is 2.40. The molecule has 1 fully saturated rings. The highest BCUT2D eigenvalue weighted by molar-refractivity contribution is 5.40. The Morgan fingerprint density at radius 3 is 2.56 bits per heavy atom. The first-order valence-electron chi connectivity index (χ1n) is 6.98. The van der Waals surface area contributed by atoms with Crippen molar-refractivity contribution in [1.29, 1.82) is 0 Å². The Balaban J connectivity index is 1.92. The van der Waals surface area contributed by atoms with E-state index < -0.39 is 0 Å². The molecule has 98 valence electrons. The molecule has 1 heterocycles. The van der Waals surface area contributed by atoms with Crippen molar-refractivity contribution < 1.29 is 4.74 Å². The van der Waals surface area contributed by atoms with Gasteiger partial charge in [0.1, 0.15) is 0 Å². The van der Waals surface area contributed by atoms with Crippen LogP contribution in [0.5, 0.6) is 0 Å². The summed E-state index contributed by atoms with van der Waals surface area (Å²) in [5.41, 5.74) is 10.8. The molecule has 18 heavy (non-hydrogen) atoms. The number of nitrogens with two attached hydrogens (primary N) is 1. The van der Waals surface area contributed by atoms with Crippen LogP contribution in [0.1, 0.15) is 43.4 Å². The van der Waals surface area contributed by atoms with Gasteiger partial charge in [-0.25, -0.2) is 0 Å². The molecule has 1 aromatic carbocycles. The van der Waals surface area contributed by atoms with Crippen molar-refractivity contribution in [1.82, 2.24) is 0 Å². The van der Waals surface area contributed by atoms with Crippen LogP contribution in [0, 0.1) is 0 Å². The molecule has 0 aromatic heterocycles. The summed E-state index contributed by atoms with van der Waals surface area (Å²) in [5.74, 6) is 0. The Kier molecular flexibility index (Phi) is 2.76.